The van der Waals surface area contributed by atoms with Crippen LogP contribution in [0.1, 0.15) is 34.0 Å². The highest BCUT2D eigenvalue weighted by atomic mass is 35.5. The molecule has 8 heteroatoms. The molecule has 0 saturated heterocycles. The molecule has 36 heavy (non-hydrogen) atoms. The van der Waals surface area contributed by atoms with Crippen molar-refractivity contribution in [3.05, 3.63) is 93.8 Å². The van der Waals surface area contributed by atoms with Crippen molar-refractivity contribution in [2.45, 2.75) is 31.8 Å². The molecule has 1 N–H and O–H groups in total. The molecular weight excluding hydrogens is 485 g/mol. The molecule has 0 aromatic heterocycles. The van der Waals surface area contributed by atoms with Gasteiger partial charge in [0.2, 0.25) is 0 Å². The van der Waals surface area contributed by atoms with E-state index in [0.29, 0.717) is 41.3 Å². The van der Waals surface area contributed by atoms with Gasteiger partial charge in [0.25, 0.3) is 5.91 Å². The molecule has 0 bridgehead atoms. The van der Waals surface area contributed by atoms with Gasteiger partial charge in [0, 0.05) is 35.5 Å². The number of carboxylic acids is 1. The maximum absolute atomic E-state index is 13.4. The highest BCUT2D eigenvalue weighted by Crippen LogP contribution is 2.44. The fourth-order valence-electron chi connectivity index (χ4n) is 4.51. The minimum absolute atomic E-state index is 0.168. The normalized spacial score (nSPS) is 16.2. The Morgan fingerprint density at radius 2 is 1.78 bits per heavy atom. The zero-order valence-corrected chi connectivity index (χ0v) is 20.8. The Hall–Kier alpha value is -3.58. The fourth-order valence-corrected chi connectivity index (χ4v) is 4.64. The van der Waals surface area contributed by atoms with E-state index < -0.39 is 24.0 Å². The molecule has 1 atom stereocenters. The summed E-state index contributed by atoms with van der Waals surface area (Å²) in [7, 11) is 1.51. The zero-order chi connectivity index (χ0) is 25.9. The molecule has 0 unspecified atom stereocenters. The summed E-state index contributed by atoms with van der Waals surface area (Å²) in [6.45, 7) is 1.72. The van der Waals surface area contributed by atoms with Gasteiger partial charge >= 0.3 is 5.97 Å². The van der Waals surface area contributed by atoms with Crippen molar-refractivity contribution in [1.29, 1.82) is 0 Å². The van der Waals surface area contributed by atoms with Gasteiger partial charge in [0.15, 0.2) is 11.5 Å². The van der Waals surface area contributed by atoms with Crippen LogP contribution in [-0.4, -0.2) is 47.7 Å². The second-order valence-electron chi connectivity index (χ2n) is 9.20. The number of fused-ring (bicyclic) bond motifs is 1. The Kier molecular flexibility index (Phi) is 7.50. The lowest BCUT2D eigenvalue weighted by atomic mass is 9.91. The number of nitrogens with zero attached hydrogens (tertiary/aromatic N) is 1. The Labute approximate surface area is 214 Å². The Balaban J connectivity index is 1.55. The summed E-state index contributed by atoms with van der Waals surface area (Å²) in [5.74, 6) is -0.889. The van der Waals surface area contributed by atoms with Crippen molar-refractivity contribution >= 4 is 23.5 Å². The topological polar surface area (TPSA) is 76.1 Å². The average molecular weight is 512 g/mol. The number of carboxylic acid groups (broad SMARTS) is 1. The number of rotatable bonds is 9. The predicted molar refractivity (Wildman–Crippen MR) is 135 cm³/mol. The third kappa shape index (κ3) is 5.97. The van der Waals surface area contributed by atoms with Gasteiger partial charge in [-0.15, -0.1) is 0 Å². The van der Waals surface area contributed by atoms with Crippen LogP contribution in [0, 0.1) is 5.82 Å². The van der Waals surface area contributed by atoms with Gasteiger partial charge < -0.3 is 19.5 Å². The van der Waals surface area contributed by atoms with E-state index in [0.717, 1.165) is 16.7 Å². The minimum Gasteiger partial charge on any atom is -0.493 e. The number of amides is 1. The average Bonchev–Trinajstić information content (AvgIpc) is 3.18. The number of carbonyl (C=O) groups excluding carboxylic acids is 1. The van der Waals surface area contributed by atoms with Crippen molar-refractivity contribution in [2.24, 2.45) is 0 Å². The fraction of sp³-hybridized carbons (Fsp3) is 0.286. The molecule has 3 aromatic rings. The first kappa shape index (κ1) is 25.5. The first-order valence-corrected chi connectivity index (χ1v) is 11.9. The molecule has 0 saturated carbocycles. The highest BCUT2D eigenvalue weighted by Gasteiger charge is 2.38. The van der Waals surface area contributed by atoms with E-state index in [2.05, 4.69) is 0 Å². The van der Waals surface area contributed by atoms with E-state index in [1.54, 1.807) is 24.3 Å². The smallest absolute Gasteiger partial charge is 0.323 e. The molecule has 4 rings (SSSR count). The molecule has 0 aliphatic carbocycles. The van der Waals surface area contributed by atoms with Gasteiger partial charge in [-0.25, -0.2) is 4.39 Å². The number of hydrogen-bond donors (Lipinski definition) is 1. The predicted octanol–water partition coefficient (Wildman–Crippen LogP) is 5.19. The largest absolute Gasteiger partial charge is 0.493 e. The second kappa shape index (κ2) is 10.6. The summed E-state index contributed by atoms with van der Waals surface area (Å²) in [4.78, 5) is 26.2. The number of hydrogen-bond acceptors (Lipinski definition) is 4. The van der Waals surface area contributed by atoms with Crippen LogP contribution < -0.4 is 9.47 Å². The molecule has 0 spiro atoms. The Morgan fingerprint density at radius 1 is 1.11 bits per heavy atom. The van der Waals surface area contributed by atoms with E-state index >= 15 is 0 Å². The maximum atomic E-state index is 13.4. The monoisotopic (exact) mass is 511 g/mol. The van der Waals surface area contributed by atoms with Gasteiger partial charge in [0.1, 0.15) is 18.0 Å². The summed E-state index contributed by atoms with van der Waals surface area (Å²) in [5, 5.41) is 10.1. The SMILES string of the molecule is COc1cc(C(=O)N(CCc2ccc(F)cc2)CC(=O)O)cc2c1O[C@](C)(Cc1ccc(Cl)cc1)C2. The minimum atomic E-state index is -1.12. The zero-order valence-electron chi connectivity index (χ0n) is 20.1. The number of halogens is 2. The van der Waals surface area contributed by atoms with E-state index in [9.17, 15) is 19.1 Å². The van der Waals surface area contributed by atoms with Gasteiger partial charge in [-0.3, -0.25) is 9.59 Å². The third-order valence-corrected chi connectivity index (χ3v) is 6.45. The summed E-state index contributed by atoms with van der Waals surface area (Å²) in [5.41, 5.74) is 2.47. The van der Waals surface area contributed by atoms with Crippen LogP contribution in [-0.2, 0) is 24.1 Å². The quantitative estimate of drug-likeness (QED) is 0.427. The molecule has 1 aliphatic rings. The summed E-state index contributed by atoms with van der Waals surface area (Å²) < 4.78 is 25.1. The lowest BCUT2D eigenvalue weighted by Crippen LogP contribution is -2.37. The molecule has 3 aromatic carbocycles. The first-order valence-electron chi connectivity index (χ1n) is 11.6. The van der Waals surface area contributed by atoms with Crippen LogP contribution in [0.15, 0.2) is 60.7 Å². The van der Waals surface area contributed by atoms with Gasteiger partial charge in [-0.05, 0) is 60.9 Å². The van der Waals surface area contributed by atoms with Crippen LogP contribution in [0.5, 0.6) is 11.5 Å². The van der Waals surface area contributed by atoms with Gasteiger partial charge in [-0.2, -0.15) is 0 Å². The van der Waals surface area contributed by atoms with Crippen LogP contribution in [0.25, 0.3) is 0 Å². The number of ether oxygens (including phenoxy) is 2. The summed E-state index contributed by atoms with van der Waals surface area (Å²) >= 11 is 6.01. The van der Waals surface area contributed by atoms with Crippen molar-refractivity contribution in [1.82, 2.24) is 4.90 Å². The molecule has 6 nitrogen and oxygen atoms in total. The van der Waals surface area contributed by atoms with E-state index in [1.807, 2.05) is 31.2 Å². The Morgan fingerprint density at radius 3 is 2.42 bits per heavy atom. The lowest BCUT2D eigenvalue weighted by molar-refractivity contribution is -0.137. The van der Waals surface area contributed by atoms with Crippen LogP contribution >= 0.6 is 11.6 Å². The lowest BCUT2D eigenvalue weighted by Gasteiger charge is -2.24. The van der Waals surface area contributed by atoms with E-state index in [1.165, 1.54) is 24.1 Å². The maximum Gasteiger partial charge on any atom is 0.323 e. The molecule has 1 aliphatic heterocycles. The number of carbonyl (C=O) groups is 2. The van der Waals surface area contributed by atoms with E-state index in [4.69, 9.17) is 21.1 Å². The molecule has 188 valence electrons. The van der Waals surface area contributed by atoms with Crippen LogP contribution in [0.2, 0.25) is 5.02 Å². The van der Waals surface area contributed by atoms with Crippen LogP contribution in [0.3, 0.4) is 0 Å². The van der Waals surface area contributed by atoms with Crippen molar-refractivity contribution < 1.29 is 28.6 Å². The number of methoxy groups -OCH3 is 1. The number of aliphatic carboxylic acids is 1. The van der Waals surface area contributed by atoms with Crippen molar-refractivity contribution in [2.75, 3.05) is 20.2 Å². The third-order valence-electron chi connectivity index (χ3n) is 6.20. The number of benzene rings is 3. The van der Waals surface area contributed by atoms with Crippen molar-refractivity contribution in [3.8, 4) is 11.5 Å². The van der Waals surface area contributed by atoms with Gasteiger partial charge in [-0.1, -0.05) is 35.9 Å². The van der Waals surface area contributed by atoms with Crippen LogP contribution in [0.4, 0.5) is 4.39 Å². The van der Waals surface area contributed by atoms with Crippen molar-refractivity contribution in [3.63, 3.8) is 0 Å². The first-order chi connectivity index (χ1) is 17.2. The molecule has 0 fully saturated rings. The molecule has 1 heterocycles. The van der Waals surface area contributed by atoms with Gasteiger partial charge in [0.05, 0.1) is 7.11 Å². The summed E-state index contributed by atoms with van der Waals surface area (Å²) in [6, 6.07) is 16.8. The Bertz CT molecular complexity index is 1260. The molecule has 0 radical (unpaired) electrons. The second-order valence-corrected chi connectivity index (χ2v) is 9.63. The molecular formula is C28H27ClFNO5. The molecule has 1 amide bonds. The summed E-state index contributed by atoms with van der Waals surface area (Å²) in [6.07, 6.45) is 1.58. The highest BCUT2D eigenvalue weighted by molar-refractivity contribution is 6.30. The standard InChI is InChI=1S/C28H27ClFNO5/c1-28(15-19-3-7-22(29)8-4-19)16-21-13-20(14-24(35-2)26(21)36-28)27(34)31(17-25(32)33)12-11-18-5-9-23(30)10-6-18/h3-10,13-14H,11-12,15-17H2,1-2H3,(H,32,33)/t28-/m1/s1. The van der Waals surface area contributed by atoms with E-state index in [-0.39, 0.29) is 12.4 Å².